The SMILES string of the molecule is COc1cc(OC)c(OC)cc1CNC(=O)c1ccc(Nc2ccccc2)c([N+](=O)[O-])c1. The van der Waals surface area contributed by atoms with E-state index < -0.39 is 10.8 Å². The number of amides is 1. The number of benzene rings is 3. The number of carbonyl (C=O) groups is 1. The topological polar surface area (TPSA) is 112 Å². The summed E-state index contributed by atoms with van der Waals surface area (Å²) in [5, 5.41) is 17.3. The van der Waals surface area contributed by atoms with Crippen LogP contribution in [-0.2, 0) is 6.54 Å². The van der Waals surface area contributed by atoms with Crippen LogP contribution in [0, 0.1) is 10.1 Å². The molecule has 3 rings (SSSR count). The van der Waals surface area contributed by atoms with Gasteiger partial charge in [0.15, 0.2) is 11.5 Å². The van der Waals surface area contributed by atoms with Crippen LogP contribution < -0.4 is 24.8 Å². The molecule has 0 bridgehead atoms. The Balaban J connectivity index is 1.80. The Labute approximate surface area is 185 Å². The van der Waals surface area contributed by atoms with E-state index in [2.05, 4.69) is 10.6 Å². The molecule has 0 aliphatic carbocycles. The van der Waals surface area contributed by atoms with Crippen LogP contribution in [0.25, 0.3) is 0 Å². The molecule has 0 saturated heterocycles. The smallest absolute Gasteiger partial charge is 0.293 e. The number of rotatable bonds is 9. The highest BCUT2D eigenvalue weighted by molar-refractivity contribution is 5.96. The highest BCUT2D eigenvalue weighted by atomic mass is 16.6. The fraction of sp³-hybridized carbons (Fsp3) is 0.174. The highest BCUT2D eigenvalue weighted by Crippen LogP contribution is 2.34. The van der Waals surface area contributed by atoms with Gasteiger partial charge < -0.3 is 24.8 Å². The Bertz CT molecular complexity index is 1120. The summed E-state index contributed by atoms with van der Waals surface area (Å²) in [6, 6.07) is 16.7. The summed E-state index contributed by atoms with van der Waals surface area (Å²) in [4.78, 5) is 23.7. The van der Waals surface area contributed by atoms with Crippen molar-refractivity contribution in [3.63, 3.8) is 0 Å². The molecule has 0 aromatic heterocycles. The number of para-hydroxylation sites is 1. The summed E-state index contributed by atoms with van der Waals surface area (Å²) in [5.41, 5.74) is 1.61. The summed E-state index contributed by atoms with van der Waals surface area (Å²) < 4.78 is 15.9. The van der Waals surface area contributed by atoms with Crippen LogP contribution in [-0.4, -0.2) is 32.2 Å². The van der Waals surface area contributed by atoms with Gasteiger partial charge in [0, 0.05) is 35.5 Å². The van der Waals surface area contributed by atoms with Gasteiger partial charge in [0.2, 0.25) is 0 Å². The summed E-state index contributed by atoms with van der Waals surface area (Å²) in [5.74, 6) is 1.04. The van der Waals surface area contributed by atoms with E-state index in [1.54, 1.807) is 24.3 Å². The van der Waals surface area contributed by atoms with E-state index in [1.165, 1.54) is 39.5 Å². The van der Waals surface area contributed by atoms with Gasteiger partial charge in [-0.15, -0.1) is 0 Å². The predicted molar refractivity (Wildman–Crippen MR) is 120 cm³/mol. The second kappa shape index (κ2) is 10.2. The number of nitro benzene ring substituents is 1. The summed E-state index contributed by atoms with van der Waals surface area (Å²) >= 11 is 0. The molecule has 0 aliphatic heterocycles. The standard InChI is InChI=1S/C23H23N3O6/c1-30-20-13-22(32-3)21(31-2)12-16(20)14-24-23(27)15-9-10-18(19(11-15)26(28)29)25-17-7-5-4-6-8-17/h4-13,25H,14H2,1-3H3,(H,24,27). The van der Waals surface area contributed by atoms with Gasteiger partial charge in [-0.3, -0.25) is 14.9 Å². The predicted octanol–water partition coefficient (Wildman–Crippen LogP) is 4.29. The molecular weight excluding hydrogens is 414 g/mol. The highest BCUT2D eigenvalue weighted by Gasteiger charge is 2.19. The lowest BCUT2D eigenvalue weighted by Crippen LogP contribution is -2.23. The average molecular weight is 437 g/mol. The zero-order valence-corrected chi connectivity index (χ0v) is 17.9. The van der Waals surface area contributed by atoms with E-state index in [4.69, 9.17) is 14.2 Å². The van der Waals surface area contributed by atoms with Gasteiger partial charge in [0.05, 0.1) is 26.3 Å². The van der Waals surface area contributed by atoms with Crippen molar-refractivity contribution < 1.29 is 23.9 Å². The Hall–Kier alpha value is -4.27. The molecule has 32 heavy (non-hydrogen) atoms. The number of anilines is 2. The van der Waals surface area contributed by atoms with Crippen LogP contribution in [0.4, 0.5) is 17.1 Å². The van der Waals surface area contributed by atoms with Crippen molar-refractivity contribution in [1.29, 1.82) is 0 Å². The molecule has 3 aromatic rings. The number of carbonyl (C=O) groups excluding carboxylic acids is 1. The molecule has 0 atom stereocenters. The second-order valence-electron chi connectivity index (χ2n) is 6.68. The van der Waals surface area contributed by atoms with Crippen molar-refractivity contribution in [2.75, 3.05) is 26.6 Å². The minimum atomic E-state index is -0.528. The molecule has 3 aromatic carbocycles. The number of nitrogens with one attached hydrogen (secondary N) is 2. The monoisotopic (exact) mass is 437 g/mol. The van der Waals surface area contributed by atoms with Crippen molar-refractivity contribution in [1.82, 2.24) is 5.32 Å². The third-order valence-corrected chi connectivity index (χ3v) is 4.74. The largest absolute Gasteiger partial charge is 0.496 e. The van der Waals surface area contributed by atoms with Crippen LogP contribution >= 0.6 is 0 Å². The minimum absolute atomic E-state index is 0.125. The summed E-state index contributed by atoms with van der Waals surface area (Å²) in [6.45, 7) is 0.125. The molecule has 0 saturated carbocycles. The first-order valence-corrected chi connectivity index (χ1v) is 9.64. The molecule has 0 aliphatic rings. The van der Waals surface area contributed by atoms with Crippen LogP contribution in [0.15, 0.2) is 60.7 Å². The fourth-order valence-electron chi connectivity index (χ4n) is 3.11. The van der Waals surface area contributed by atoms with Gasteiger partial charge >= 0.3 is 0 Å². The maximum absolute atomic E-state index is 12.7. The van der Waals surface area contributed by atoms with E-state index in [9.17, 15) is 14.9 Å². The molecule has 9 nitrogen and oxygen atoms in total. The van der Waals surface area contributed by atoms with Crippen LogP contribution in [0.2, 0.25) is 0 Å². The first-order chi connectivity index (χ1) is 15.5. The van der Waals surface area contributed by atoms with Gasteiger partial charge in [0.25, 0.3) is 11.6 Å². The summed E-state index contributed by atoms with van der Waals surface area (Å²) in [6.07, 6.45) is 0. The van der Waals surface area contributed by atoms with Gasteiger partial charge in [-0.05, 0) is 30.3 Å². The van der Waals surface area contributed by atoms with Crippen LogP contribution in [0.5, 0.6) is 17.2 Å². The summed E-state index contributed by atoms with van der Waals surface area (Å²) in [7, 11) is 4.53. The molecule has 9 heteroatoms. The van der Waals surface area contributed by atoms with E-state index in [1.807, 2.05) is 18.2 Å². The molecule has 0 fully saturated rings. The molecule has 0 spiro atoms. The first kappa shape index (κ1) is 22.4. The lowest BCUT2D eigenvalue weighted by Gasteiger charge is -2.15. The van der Waals surface area contributed by atoms with Gasteiger partial charge in [-0.25, -0.2) is 0 Å². The zero-order valence-electron chi connectivity index (χ0n) is 17.9. The van der Waals surface area contributed by atoms with E-state index in [0.29, 0.717) is 34.2 Å². The van der Waals surface area contributed by atoms with Gasteiger partial charge in [-0.2, -0.15) is 0 Å². The molecule has 1 amide bonds. The second-order valence-corrected chi connectivity index (χ2v) is 6.68. The Morgan fingerprint density at radius 2 is 1.56 bits per heavy atom. The Morgan fingerprint density at radius 1 is 0.906 bits per heavy atom. The van der Waals surface area contributed by atoms with Gasteiger partial charge in [0.1, 0.15) is 11.4 Å². The fourth-order valence-corrected chi connectivity index (χ4v) is 3.11. The van der Waals surface area contributed by atoms with E-state index >= 15 is 0 Å². The zero-order chi connectivity index (χ0) is 23.1. The van der Waals surface area contributed by atoms with Crippen molar-refractivity contribution in [3.8, 4) is 17.2 Å². The molecule has 166 valence electrons. The van der Waals surface area contributed by atoms with Crippen molar-refractivity contribution in [2.24, 2.45) is 0 Å². The average Bonchev–Trinajstić information content (AvgIpc) is 2.82. The maximum Gasteiger partial charge on any atom is 0.293 e. The molecular formula is C23H23N3O6. The van der Waals surface area contributed by atoms with E-state index in [-0.39, 0.29) is 17.8 Å². The minimum Gasteiger partial charge on any atom is -0.496 e. The van der Waals surface area contributed by atoms with Gasteiger partial charge in [-0.1, -0.05) is 18.2 Å². The van der Waals surface area contributed by atoms with Crippen LogP contribution in [0.1, 0.15) is 15.9 Å². The van der Waals surface area contributed by atoms with Crippen molar-refractivity contribution in [3.05, 3.63) is 81.9 Å². The number of nitrogens with zero attached hydrogens (tertiary/aromatic N) is 1. The molecule has 0 heterocycles. The molecule has 0 unspecified atom stereocenters. The van der Waals surface area contributed by atoms with Crippen molar-refractivity contribution >= 4 is 23.0 Å². The maximum atomic E-state index is 12.7. The number of ether oxygens (including phenoxy) is 3. The number of nitro groups is 1. The number of hydrogen-bond acceptors (Lipinski definition) is 7. The lowest BCUT2D eigenvalue weighted by atomic mass is 10.1. The third-order valence-electron chi connectivity index (χ3n) is 4.74. The Kier molecular flexibility index (Phi) is 7.12. The van der Waals surface area contributed by atoms with Crippen molar-refractivity contribution in [2.45, 2.75) is 6.54 Å². The molecule has 2 N–H and O–H groups in total. The lowest BCUT2D eigenvalue weighted by molar-refractivity contribution is -0.383. The van der Waals surface area contributed by atoms with Crippen LogP contribution in [0.3, 0.4) is 0 Å². The first-order valence-electron chi connectivity index (χ1n) is 9.64. The third kappa shape index (κ3) is 5.07. The number of hydrogen-bond donors (Lipinski definition) is 2. The van der Waals surface area contributed by atoms with E-state index in [0.717, 1.165) is 0 Å². The molecule has 0 radical (unpaired) electrons. The number of methoxy groups -OCH3 is 3. The normalized spacial score (nSPS) is 10.2. The Morgan fingerprint density at radius 3 is 2.19 bits per heavy atom. The quantitative estimate of drug-likeness (QED) is 0.379.